The smallest absolute Gasteiger partial charge is 0.331 e. The maximum absolute atomic E-state index is 12.0. The van der Waals surface area contributed by atoms with Gasteiger partial charge in [-0.1, -0.05) is 11.6 Å². The Balaban J connectivity index is 1.93. The second-order valence-electron chi connectivity index (χ2n) is 8.58. The Morgan fingerprint density at radius 2 is 1.67 bits per heavy atom. The van der Waals surface area contributed by atoms with Crippen LogP contribution in [0.15, 0.2) is 35.6 Å². The van der Waals surface area contributed by atoms with E-state index in [2.05, 4.69) is 5.32 Å². The number of hydrogen-bond acceptors (Lipinski definition) is 11. The molecule has 1 aliphatic carbocycles. The van der Waals surface area contributed by atoms with Gasteiger partial charge >= 0.3 is 23.9 Å². The van der Waals surface area contributed by atoms with Gasteiger partial charge in [-0.15, -0.1) is 0 Å². The van der Waals surface area contributed by atoms with Crippen molar-refractivity contribution in [1.82, 2.24) is 5.32 Å². The fourth-order valence-electron chi connectivity index (χ4n) is 4.20. The lowest BCUT2D eigenvalue weighted by Gasteiger charge is -2.45. The maximum atomic E-state index is 12.0. The van der Waals surface area contributed by atoms with Crippen molar-refractivity contribution in [3.8, 4) is 0 Å². The van der Waals surface area contributed by atoms with E-state index < -0.39 is 66.5 Å². The first kappa shape index (κ1) is 26.9. The Morgan fingerprint density at radius 1 is 1.00 bits per heavy atom. The summed E-state index contributed by atoms with van der Waals surface area (Å²) in [6.45, 7) is 6.21. The van der Waals surface area contributed by atoms with E-state index in [1.165, 1.54) is 19.9 Å². The van der Waals surface area contributed by atoms with Crippen LogP contribution in [0, 0.1) is 5.92 Å². The van der Waals surface area contributed by atoms with E-state index in [9.17, 15) is 24.0 Å². The number of allylic oxidation sites excluding steroid dienone is 1. The van der Waals surface area contributed by atoms with Crippen LogP contribution in [0.25, 0.3) is 0 Å². The quantitative estimate of drug-likeness (QED) is 0.381. The highest BCUT2D eigenvalue weighted by Crippen LogP contribution is 2.33. The van der Waals surface area contributed by atoms with Gasteiger partial charge in [-0.05, 0) is 19.1 Å². The minimum Gasteiger partial charge on any atom is -0.463 e. The van der Waals surface area contributed by atoms with Crippen LogP contribution in [0.3, 0.4) is 0 Å². The topological polar surface area (TPSA) is 153 Å². The summed E-state index contributed by atoms with van der Waals surface area (Å²) in [5.74, 6) is -2.91. The fourth-order valence-corrected chi connectivity index (χ4v) is 4.20. The van der Waals surface area contributed by atoms with Crippen molar-refractivity contribution in [2.24, 2.45) is 5.92 Å². The lowest BCUT2D eigenvalue weighted by atomic mass is 9.88. The fraction of sp³-hybridized carbons (Fsp3) is 0.542. The first-order chi connectivity index (χ1) is 16.9. The number of carbonyl (C=O) groups is 5. The molecule has 0 aromatic heterocycles. The Morgan fingerprint density at radius 3 is 2.28 bits per heavy atom. The summed E-state index contributed by atoms with van der Waals surface area (Å²) < 4.78 is 33.2. The minimum absolute atomic E-state index is 0.160. The van der Waals surface area contributed by atoms with Crippen molar-refractivity contribution >= 4 is 29.8 Å². The molecule has 12 nitrogen and oxygen atoms in total. The number of nitrogens with one attached hydrogen (secondary N) is 1. The van der Waals surface area contributed by atoms with Crippen LogP contribution >= 0.6 is 0 Å². The molecule has 3 rings (SSSR count). The van der Waals surface area contributed by atoms with Crippen LogP contribution in [-0.4, -0.2) is 73.1 Å². The summed E-state index contributed by atoms with van der Waals surface area (Å²) in [7, 11) is 0. The van der Waals surface area contributed by atoms with Gasteiger partial charge in [0.25, 0.3) is 0 Å². The summed E-state index contributed by atoms with van der Waals surface area (Å²) in [5, 5.41) is 2.62. The molecule has 196 valence electrons. The summed E-state index contributed by atoms with van der Waals surface area (Å²) in [5.41, 5.74) is 0.827. The first-order valence-corrected chi connectivity index (χ1v) is 11.3. The largest absolute Gasteiger partial charge is 0.463 e. The summed E-state index contributed by atoms with van der Waals surface area (Å²) in [6.07, 6.45) is 1.02. The third-order valence-corrected chi connectivity index (χ3v) is 5.60. The van der Waals surface area contributed by atoms with Crippen molar-refractivity contribution in [1.29, 1.82) is 0 Å². The summed E-state index contributed by atoms with van der Waals surface area (Å²) in [4.78, 5) is 59.1. The molecule has 0 aromatic rings. The van der Waals surface area contributed by atoms with Gasteiger partial charge in [0, 0.05) is 39.7 Å². The summed E-state index contributed by atoms with van der Waals surface area (Å²) in [6, 6.07) is -1.12. The van der Waals surface area contributed by atoms with E-state index in [0.29, 0.717) is 0 Å². The molecular formula is C24H29NO11. The van der Waals surface area contributed by atoms with Gasteiger partial charge in [0.05, 0.1) is 0 Å². The molecule has 3 aliphatic rings. The Bertz CT molecular complexity index is 1010. The van der Waals surface area contributed by atoms with Crippen LogP contribution in [0.5, 0.6) is 0 Å². The van der Waals surface area contributed by atoms with Gasteiger partial charge < -0.3 is 33.7 Å². The molecule has 0 radical (unpaired) electrons. The molecule has 7 atom stereocenters. The number of ether oxygens (including phenoxy) is 6. The van der Waals surface area contributed by atoms with Gasteiger partial charge in [0.15, 0.2) is 12.2 Å². The van der Waals surface area contributed by atoms with Gasteiger partial charge in [-0.3, -0.25) is 19.2 Å². The lowest BCUT2D eigenvalue weighted by Crippen LogP contribution is -2.66. The molecule has 36 heavy (non-hydrogen) atoms. The monoisotopic (exact) mass is 507 g/mol. The minimum atomic E-state index is -1.27. The molecule has 1 fully saturated rings. The van der Waals surface area contributed by atoms with E-state index in [-0.39, 0.29) is 18.3 Å². The zero-order valence-corrected chi connectivity index (χ0v) is 20.5. The molecule has 12 heteroatoms. The average Bonchev–Trinajstić information content (AvgIpc) is 2.75. The van der Waals surface area contributed by atoms with Crippen LogP contribution < -0.4 is 5.32 Å². The zero-order chi connectivity index (χ0) is 26.6. The van der Waals surface area contributed by atoms with Crippen LogP contribution in [0.1, 0.15) is 34.6 Å². The number of fused-ring (bicyclic) bond motifs is 1. The summed E-state index contributed by atoms with van der Waals surface area (Å²) >= 11 is 0. The highest BCUT2D eigenvalue weighted by molar-refractivity contribution is 5.84. The van der Waals surface area contributed by atoms with E-state index in [4.69, 9.17) is 28.4 Å². The lowest BCUT2D eigenvalue weighted by molar-refractivity contribution is -0.268. The van der Waals surface area contributed by atoms with Crippen molar-refractivity contribution in [2.75, 3.05) is 6.61 Å². The Labute approximate surface area is 207 Å². The molecule has 0 saturated carbocycles. The molecule has 1 saturated heterocycles. The molecule has 0 unspecified atom stereocenters. The van der Waals surface area contributed by atoms with Crippen molar-refractivity contribution in [2.45, 2.75) is 71.4 Å². The normalized spacial score (nSPS) is 31.0. The predicted molar refractivity (Wildman–Crippen MR) is 119 cm³/mol. The van der Waals surface area contributed by atoms with Gasteiger partial charge in [0.2, 0.25) is 12.2 Å². The zero-order valence-electron chi connectivity index (χ0n) is 20.5. The second-order valence-corrected chi connectivity index (χ2v) is 8.58. The Hall–Kier alpha value is -3.67. The van der Waals surface area contributed by atoms with Crippen LogP contribution in [0.4, 0.5) is 0 Å². The molecule has 1 amide bonds. The van der Waals surface area contributed by atoms with Gasteiger partial charge in [-0.2, -0.15) is 0 Å². The van der Waals surface area contributed by atoms with Crippen molar-refractivity contribution < 1.29 is 52.4 Å². The molecule has 2 aliphatic heterocycles. The number of rotatable bonds is 7. The van der Waals surface area contributed by atoms with Crippen molar-refractivity contribution in [3.63, 3.8) is 0 Å². The van der Waals surface area contributed by atoms with Gasteiger partial charge in [-0.25, -0.2) is 4.79 Å². The molecular weight excluding hydrogens is 478 g/mol. The molecule has 2 heterocycles. The highest BCUT2D eigenvalue weighted by Gasteiger charge is 2.52. The van der Waals surface area contributed by atoms with E-state index in [0.717, 1.165) is 19.4 Å². The standard InChI is InChI=1S/C24H29NO11/c1-11-8-20(30)35-18-9-16(6-7-17(11)18)34-24-21(25-12(2)26)23(33-15(5)29)22(32-14(4)28)19(36-24)10-31-13(3)27/h6-9,17-19,21-24H,10H2,1-5H3,(H,25,26)/t17-,18-,19-,21-,22-,23-,24-/m1/s1. The number of hydrogen-bond donors (Lipinski definition) is 1. The average molecular weight is 507 g/mol. The second kappa shape index (κ2) is 11.4. The highest BCUT2D eigenvalue weighted by atomic mass is 16.7. The molecule has 0 aromatic carbocycles. The number of amides is 1. The molecule has 0 bridgehead atoms. The molecule has 0 spiro atoms. The third kappa shape index (κ3) is 6.72. The van der Waals surface area contributed by atoms with Crippen LogP contribution in [-0.2, 0) is 52.4 Å². The van der Waals surface area contributed by atoms with E-state index >= 15 is 0 Å². The first-order valence-electron chi connectivity index (χ1n) is 11.3. The van der Waals surface area contributed by atoms with Gasteiger partial charge in [0.1, 0.15) is 30.6 Å². The van der Waals surface area contributed by atoms with Crippen molar-refractivity contribution in [3.05, 3.63) is 35.6 Å². The third-order valence-electron chi connectivity index (χ3n) is 5.60. The number of carbonyl (C=O) groups excluding carboxylic acids is 5. The van der Waals surface area contributed by atoms with E-state index in [1.807, 2.05) is 6.92 Å². The predicted octanol–water partition coefficient (Wildman–Crippen LogP) is 0.601. The molecule has 1 N–H and O–H groups in total. The van der Waals surface area contributed by atoms with E-state index in [1.54, 1.807) is 18.2 Å². The Kier molecular flexibility index (Phi) is 8.51. The number of esters is 4. The maximum Gasteiger partial charge on any atom is 0.331 e. The SMILES string of the molecule is CC(=O)N[C@H]1[C@H](OC2=C[C@H]3OC(=O)C=C(C)[C@H]3C=C2)O[C@H](COC(C)=O)[C@@H](OC(C)=O)[C@@H]1OC(C)=O. The van der Waals surface area contributed by atoms with Crippen LogP contribution in [0.2, 0.25) is 0 Å².